The van der Waals surface area contributed by atoms with Gasteiger partial charge in [0.1, 0.15) is 0 Å². The predicted octanol–water partition coefficient (Wildman–Crippen LogP) is 1.44. The van der Waals surface area contributed by atoms with Crippen molar-refractivity contribution in [2.24, 2.45) is 0 Å². The summed E-state index contributed by atoms with van der Waals surface area (Å²) < 4.78 is 0. The Labute approximate surface area is 120 Å². The van der Waals surface area contributed by atoms with E-state index in [1.807, 2.05) is 0 Å². The molecule has 0 saturated carbocycles. The first-order valence-electron chi connectivity index (χ1n) is 6.15. The first-order chi connectivity index (χ1) is 9.72. The minimum atomic E-state index is -1.16. The SMILES string of the molecule is Cc1ccc(C(C)N(CC(=O)O)CC(=O)O)cc1[N+](=O)[O-]. The van der Waals surface area contributed by atoms with Crippen LogP contribution in [-0.4, -0.2) is 45.1 Å². The number of carboxylic acid groups (broad SMARTS) is 2. The number of hydrogen-bond donors (Lipinski definition) is 2. The zero-order chi connectivity index (χ0) is 16.2. The van der Waals surface area contributed by atoms with Crippen LogP contribution < -0.4 is 0 Å². The molecule has 0 bridgehead atoms. The summed E-state index contributed by atoms with van der Waals surface area (Å²) in [4.78, 5) is 33.3. The average Bonchev–Trinajstić information content (AvgIpc) is 2.36. The van der Waals surface area contributed by atoms with Crippen molar-refractivity contribution < 1.29 is 24.7 Å². The highest BCUT2D eigenvalue weighted by atomic mass is 16.6. The average molecular weight is 296 g/mol. The van der Waals surface area contributed by atoms with Crippen molar-refractivity contribution in [1.82, 2.24) is 4.90 Å². The molecule has 0 aliphatic rings. The van der Waals surface area contributed by atoms with Crippen molar-refractivity contribution in [1.29, 1.82) is 0 Å². The number of aliphatic carboxylic acids is 2. The Kier molecular flexibility index (Phi) is 5.37. The predicted molar refractivity (Wildman–Crippen MR) is 73.1 cm³/mol. The van der Waals surface area contributed by atoms with E-state index in [1.54, 1.807) is 26.0 Å². The first kappa shape index (κ1) is 16.6. The molecule has 8 heteroatoms. The Morgan fingerprint density at radius 3 is 2.24 bits per heavy atom. The Hall–Kier alpha value is -2.48. The van der Waals surface area contributed by atoms with E-state index in [9.17, 15) is 19.7 Å². The summed E-state index contributed by atoms with van der Waals surface area (Å²) >= 11 is 0. The molecule has 1 unspecified atom stereocenters. The van der Waals surface area contributed by atoms with Crippen LogP contribution in [0.5, 0.6) is 0 Å². The van der Waals surface area contributed by atoms with Gasteiger partial charge in [-0.1, -0.05) is 12.1 Å². The van der Waals surface area contributed by atoms with Crippen LogP contribution in [0.3, 0.4) is 0 Å². The number of nitrogens with zero attached hydrogens (tertiary/aromatic N) is 2. The van der Waals surface area contributed by atoms with Gasteiger partial charge in [-0.3, -0.25) is 24.6 Å². The summed E-state index contributed by atoms with van der Waals surface area (Å²) in [6, 6.07) is 3.96. The van der Waals surface area contributed by atoms with Crippen LogP contribution in [0.4, 0.5) is 5.69 Å². The van der Waals surface area contributed by atoms with Gasteiger partial charge in [0.05, 0.1) is 18.0 Å². The van der Waals surface area contributed by atoms with Gasteiger partial charge in [-0.15, -0.1) is 0 Å². The molecule has 114 valence electrons. The topological polar surface area (TPSA) is 121 Å². The molecule has 0 heterocycles. The van der Waals surface area contributed by atoms with Crippen LogP contribution in [0.1, 0.15) is 24.1 Å². The third-order valence-electron chi connectivity index (χ3n) is 3.14. The molecule has 1 rings (SSSR count). The number of rotatable bonds is 7. The van der Waals surface area contributed by atoms with E-state index in [2.05, 4.69) is 0 Å². The third kappa shape index (κ3) is 4.53. The minimum Gasteiger partial charge on any atom is -0.480 e. The summed E-state index contributed by atoms with van der Waals surface area (Å²) in [5.41, 5.74) is 0.902. The Morgan fingerprint density at radius 1 is 1.29 bits per heavy atom. The maximum absolute atomic E-state index is 10.9. The second-order valence-corrected chi connectivity index (χ2v) is 4.67. The second kappa shape index (κ2) is 6.80. The van der Waals surface area contributed by atoms with Gasteiger partial charge < -0.3 is 10.2 Å². The van der Waals surface area contributed by atoms with E-state index in [1.165, 1.54) is 11.0 Å². The van der Waals surface area contributed by atoms with E-state index in [0.29, 0.717) is 11.1 Å². The van der Waals surface area contributed by atoms with Gasteiger partial charge in [-0.25, -0.2) is 0 Å². The zero-order valence-electron chi connectivity index (χ0n) is 11.6. The summed E-state index contributed by atoms with van der Waals surface area (Å²) in [5.74, 6) is -2.32. The van der Waals surface area contributed by atoms with Crippen LogP contribution in [0.25, 0.3) is 0 Å². The fraction of sp³-hybridized carbons (Fsp3) is 0.385. The van der Waals surface area contributed by atoms with Gasteiger partial charge in [0.15, 0.2) is 0 Å². The fourth-order valence-corrected chi connectivity index (χ4v) is 1.97. The fourth-order valence-electron chi connectivity index (χ4n) is 1.97. The minimum absolute atomic E-state index is 0.0787. The van der Waals surface area contributed by atoms with E-state index in [4.69, 9.17) is 10.2 Å². The summed E-state index contributed by atoms with van der Waals surface area (Å²) in [5, 5.41) is 28.6. The molecule has 0 aromatic heterocycles. The molecule has 21 heavy (non-hydrogen) atoms. The molecule has 0 saturated heterocycles. The molecule has 0 radical (unpaired) electrons. The van der Waals surface area contributed by atoms with Crippen molar-refractivity contribution in [2.75, 3.05) is 13.1 Å². The molecule has 1 aromatic carbocycles. The summed E-state index contributed by atoms with van der Waals surface area (Å²) in [6.45, 7) is 2.28. The first-order valence-corrected chi connectivity index (χ1v) is 6.15. The lowest BCUT2D eigenvalue weighted by atomic mass is 10.0. The van der Waals surface area contributed by atoms with Gasteiger partial charge in [0, 0.05) is 17.7 Å². The van der Waals surface area contributed by atoms with Crippen molar-refractivity contribution in [3.8, 4) is 0 Å². The normalized spacial score (nSPS) is 12.1. The molecular formula is C13H16N2O6. The van der Waals surface area contributed by atoms with Crippen LogP contribution in [0, 0.1) is 17.0 Å². The molecule has 0 aliphatic carbocycles. The number of carboxylic acids is 2. The molecule has 8 nitrogen and oxygen atoms in total. The van der Waals surface area contributed by atoms with Gasteiger partial charge in [0.25, 0.3) is 5.69 Å². The van der Waals surface area contributed by atoms with Crippen LogP contribution >= 0.6 is 0 Å². The third-order valence-corrected chi connectivity index (χ3v) is 3.14. The van der Waals surface area contributed by atoms with Gasteiger partial charge >= 0.3 is 11.9 Å². The number of benzene rings is 1. The van der Waals surface area contributed by atoms with E-state index in [-0.39, 0.29) is 5.69 Å². The van der Waals surface area contributed by atoms with Crippen molar-refractivity contribution in [3.63, 3.8) is 0 Å². The zero-order valence-corrected chi connectivity index (χ0v) is 11.6. The molecule has 1 aromatic rings. The van der Waals surface area contributed by atoms with Crippen LogP contribution in [0.2, 0.25) is 0 Å². The van der Waals surface area contributed by atoms with Crippen molar-refractivity contribution in [3.05, 3.63) is 39.4 Å². The number of nitro groups is 1. The van der Waals surface area contributed by atoms with E-state index in [0.717, 1.165) is 0 Å². The lowest BCUT2D eigenvalue weighted by Gasteiger charge is -2.26. The lowest BCUT2D eigenvalue weighted by Crippen LogP contribution is -2.36. The Balaban J connectivity index is 3.10. The molecule has 0 fully saturated rings. The highest BCUT2D eigenvalue weighted by molar-refractivity contribution is 5.72. The maximum atomic E-state index is 10.9. The van der Waals surface area contributed by atoms with Crippen LogP contribution in [-0.2, 0) is 9.59 Å². The summed E-state index contributed by atoms with van der Waals surface area (Å²) in [7, 11) is 0. The Bertz CT molecular complexity index is 556. The second-order valence-electron chi connectivity index (χ2n) is 4.67. The van der Waals surface area contributed by atoms with Gasteiger partial charge in [0.2, 0.25) is 0 Å². The molecule has 0 spiro atoms. The standard InChI is InChI=1S/C13H16N2O6/c1-8-3-4-10(5-11(8)15(20)21)9(2)14(6-12(16)17)7-13(18)19/h3-5,9H,6-7H2,1-2H3,(H,16,17)(H,18,19). The lowest BCUT2D eigenvalue weighted by molar-refractivity contribution is -0.385. The quantitative estimate of drug-likeness (QED) is 0.576. The largest absolute Gasteiger partial charge is 0.480 e. The van der Waals surface area contributed by atoms with Gasteiger partial charge in [-0.2, -0.15) is 0 Å². The molecular weight excluding hydrogens is 280 g/mol. The molecule has 0 amide bonds. The number of nitro benzene ring substituents is 1. The molecule has 1 atom stereocenters. The van der Waals surface area contributed by atoms with Crippen molar-refractivity contribution in [2.45, 2.75) is 19.9 Å². The summed E-state index contributed by atoms with van der Waals surface area (Å²) in [6.07, 6.45) is 0. The molecule has 2 N–H and O–H groups in total. The number of carbonyl (C=O) groups is 2. The van der Waals surface area contributed by atoms with E-state index < -0.39 is 36.0 Å². The maximum Gasteiger partial charge on any atom is 0.317 e. The van der Waals surface area contributed by atoms with Gasteiger partial charge in [-0.05, 0) is 19.4 Å². The number of aryl methyl sites for hydroxylation is 1. The van der Waals surface area contributed by atoms with Crippen LogP contribution in [0.15, 0.2) is 18.2 Å². The van der Waals surface area contributed by atoms with E-state index >= 15 is 0 Å². The number of hydrogen-bond acceptors (Lipinski definition) is 5. The highest BCUT2D eigenvalue weighted by Gasteiger charge is 2.23. The monoisotopic (exact) mass is 296 g/mol. The highest BCUT2D eigenvalue weighted by Crippen LogP contribution is 2.26. The molecule has 0 aliphatic heterocycles. The smallest absolute Gasteiger partial charge is 0.317 e. The van der Waals surface area contributed by atoms with Crippen molar-refractivity contribution >= 4 is 17.6 Å². The Morgan fingerprint density at radius 2 is 1.81 bits per heavy atom.